The van der Waals surface area contributed by atoms with Gasteiger partial charge < -0.3 is 4.52 Å². The van der Waals surface area contributed by atoms with Gasteiger partial charge in [-0.05, 0) is 17.7 Å². The Hall–Kier alpha value is -2.14. The van der Waals surface area contributed by atoms with Gasteiger partial charge in [-0.1, -0.05) is 41.0 Å². The highest BCUT2D eigenvalue weighted by molar-refractivity contribution is 6.32. The molecule has 0 unspecified atom stereocenters. The zero-order valence-corrected chi connectivity index (χ0v) is 10.2. The first-order chi connectivity index (χ1) is 8.59. The summed E-state index contributed by atoms with van der Waals surface area (Å²) in [5.41, 5.74) is 0.810. The van der Waals surface area contributed by atoms with E-state index in [1.165, 1.54) is 13.0 Å². The van der Waals surface area contributed by atoms with Crippen LogP contribution in [0.2, 0.25) is 5.02 Å². The first-order valence-electron chi connectivity index (χ1n) is 5.13. The molecule has 0 saturated heterocycles. The van der Waals surface area contributed by atoms with Crippen molar-refractivity contribution in [3.05, 3.63) is 56.4 Å². The van der Waals surface area contributed by atoms with Gasteiger partial charge in [0.2, 0.25) is 5.76 Å². The van der Waals surface area contributed by atoms with Crippen molar-refractivity contribution in [2.24, 2.45) is 0 Å². The topological polar surface area (TPSA) is 69.2 Å². The summed E-state index contributed by atoms with van der Waals surface area (Å²) in [5.74, 6) is 0.179. The van der Waals surface area contributed by atoms with Gasteiger partial charge in [0.15, 0.2) is 5.69 Å². The summed E-state index contributed by atoms with van der Waals surface area (Å²) >= 11 is 5.97. The Morgan fingerprint density at radius 2 is 2.11 bits per heavy atom. The van der Waals surface area contributed by atoms with E-state index in [1.807, 2.05) is 12.1 Å². The third kappa shape index (κ3) is 2.41. The molecule has 2 rings (SSSR count). The number of halogens is 1. The standard InChI is InChI=1S/C12H9ClN2O3/c1-8-12(15(16)17)11(14-18-8)7-6-9-4-2-3-5-10(9)13/h2-7H,1H3. The van der Waals surface area contributed by atoms with Gasteiger partial charge in [-0.2, -0.15) is 0 Å². The Balaban J connectivity index is 2.36. The fraction of sp³-hybridized carbons (Fsp3) is 0.0833. The molecule has 0 radical (unpaired) electrons. The zero-order valence-electron chi connectivity index (χ0n) is 9.46. The molecule has 1 aromatic heterocycles. The van der Waals surface area contributed by atoms with Crippen molar-refractivity contribution >= 4 is 29.4 Å². The average molecular weight is 265 g/mol. The molecule has 6 heteroatoms. The van der Waals surface area contributed by atoms with Crippen molar-refractivity contribution in [3.63, 3.8) is 0 Å². The maximum atomic E-state index is 10.8. The molecule has 0 aliphatic rings. The van der Waals surface area contributed by atoms with E-state index >= 15 is 0 Å². The summed E-state index contributed by atoms with van der Waals surface area (Å²) in [4.78, 5) is 10.3. The molecule has 0 N–H and O–H groups in total. The summed E-state index contributed by atoms with van der Waals surface area (Å²) in [6, 6.07) is 7.18. The SMILES string of the molecule is Cc1onc(C=Cc2ccccc2Cl)c1[N+](=O)[O-]. The summed E-state index contributed by atoms with van der Waals surface area (Å²) in [6.07, 6.45) is 3.17. The fourth-order valence-corrected chi connectivity index (χ4v) is 1.69. The zero-order chi connectivity index (χ0) is 13.1. The van der Waals surface area contributed by atoms with Crippen LogP contribution in [-0.4, -0.2) is 10.1 Å². The fourth-order valence-electron chi connectivity index (χ4n) is 1.49. The molecule has 0 aliphatic carbocycles. The Labute approximate surface area is 108 Å². The second-order valence-electron chi connectivity index (χ2n) is 3.58. The van der Waals surface area contributed by atoms with E-state index in [9.17, 15) is 10.1 Å². The minimum atomic E-state index is -0.516. The van der Waals surface area contributed by atoms with Gasteiger partial charge in [-0.25, -0.2) is 0 Å². The van der Waals surface area contributed by atoms with E-state index in [0.717, 1.165) is 5.56 Å². The normalized spacial score (nSPS) is 11.0. The van der Waals surface area contributed by atoms with Crippen LogP contribution in [0.15, 0.2) is 28.8 Å². The first kappa shape index (κ1) is 12.3. The van der Waals surface area contributed by atoms with E-state index in [2.05, 4.69) is 5.16 Å². The van der Waals surface area contributed by atoms with Crippen molar-refractivity contribution in [2.45, 2.75) is 6.92 Å². The number of hydrogen-bond acceptors (Lipinski definition) is 4. The van der Waals surface area contributed by atoms with Crippen LogP contribution in [0, 0.1) is 17.0 Å². The Morgan fingerprint density at radius 1 is 1.39 bits per heavy atom. The Kier molecular flexibility index (Phi) is 3.43. The molecule has 2 aromatic rings. The minimum absolute atomic E-state index is 0.127. The van der Waals surface area contributed by atoms with Crippen LogP contribution in [0.1, 0.15) is 17.0 Å². The van der Waals surface area contributed by atoms with Gasteiger partial charge in [0.05, 0.1) is 4.92 Å². The van der Waals surface area contributed by atoms with Gasteiger partial charge in [-0.15, -0.1) is 0 Å². The molecule has 0 atom stereocenters. The van der Waals surface area contributed by atoms with Gasteiger partial charge in [-0.3, -0.25) is 10.1 Å². The molecule has 0 aliphatic heterocycles. The Bertz CT molecular complexity index is 620. The maximum absolute atomic E-state index is 10.8. The molecule has 0 spiro atoms. The second kappa shape index (κ2) is 5.01. The third-order valence-electron chi connectivity index (χ3n) is 2.37. The summed E-state index contributed by atoms with van der Waals surface area (Å²) in [5, 5.41) is 15.0. The number of aromatic nitrogens is 1. The van der Waals surface area contributed by atoms with Crippen LogP contribution < -0.4 is 0 Å². The lowest BCUT2D eigenvalue weighted by atomic mass is 10.2. The monoisotopic (exact) mass is 264 g/mol. The number of aryl methyl sites for hydroxylation is 1. The van der Waals surface area contributed by atoms with Gasteiger partial charge in [0, 0.05) is 11.9 Å². The van der Waals surface area contributed by atoms with Crippen molar-refractivity contribution in [1.29, 1.82) is 0 Å². The largest absolute Gasteiger partial charge is 0.354 e. The molecule has 0 fully saturated rings. The van der Waals surface area contributed by atoms with E-state index in [-0.39, 0.29) is 17.1 Å². The maximum Gasteiger partial charge on any atom is 0.338 e. The molecular weight excluding hydrogens is 256 g/mol. The summed E-state index contributed by atoms with van der Waals surface area (Å²) in [6.45, 7) is 1.50. The molecule has 1 heterocycles. The van der Waals surface area contributed by atoms with E-state index < -0.39 is 4.92 Å². The number of hydrogen-bond donors (Lipinski definition) is 0. The predicted octanol–water partition coefficient (Wildman–Crippen LogP) is 3.72. The quantitative estimate of drug-likeness (QED) is 0.626. The van der Waals surface area contributed by atoms with Crippen LogP contribution in [0.5, 0.6) is 0 Å². The predicted molar refractivity (Wildman–Crippen MR) is 68.3 cm³/mol. The van der Waals surface area contributed by atoms with Crippen molar-refractivity contribution < 1.29 is 9.45 Å². The number of rotatable bonds is 3. The van der Waals surface area contributed by atoms with E-state index in [0.29, 0.717) is 5.02 Å². The minimum Gasteiger partial charge on any atom is -0.354 e. The van der Waals surface area contributed by atoms with Crippen molar-refractivity contribution in [3.8, 4) is 0 Å². The average Bonchev–Trinajstić information content (AvgIpc) is 2.69. The lowest BCUT2D eigenvalue weighted by Crippen LogP contribution is -1.90. The highest BCUT2D eigenvalue weighted by Gasteiger charge is 2.21. The number of nitro groups is 1. The highest BCUT2D eigenvalue weighted by atomic mass is 35.5. The second-order valence-corrected chi connectivity index (χ2v) is 3.99. The van der Waals surface area contributed by atoms with E-state index in [1.54, 1.807) is 18.2 Å². The van der Waals surface area contributed by atoms with Crippen LogP contribution in [0.25, 0.3) is 12.2 Å². The highest BCUT2D eigenvalue weighted by Crippen LogP contribution is 2.25. The lowest BCUT2D eigenvalue weighted by molar-refractivity contribution is -0.386. The molecule has 5 nitrogen and oxygen atoms in total. The number of benzene rings is 1. The van der Waals surface area contributed by atoms with Gasteiger partial charge >= 0.3 is 5.69 Å². The Morgan fingerprint density at radius 3 is 2.78 bits per heavy atom. The lowest BCUT2D eigenvalue weighted by Gasteiger charge is -1.95. The van der Waals surface area contributed by atoms with Gasteiger partial charge in [0.25, 0.3) is 0 Å². The molecule has 0 bridgehead atoms. The smallest absolute Gasteiger partial charge is 0.338 e. The van der Waals surface area contributed by atoms with Crippen LogP contribution in [0.3, 0.4) is 0 Å². The molecule has 1 aromatic carbocycles. The molecule has 0 saturated carbocycles. The molecule has 18 heavy (non-hydrogen) atoms. The summed E-state index contributed by atoms with van der Waals surface area (Å²) < 4.78 is 4.80. The van der Waals surface area contributed by atoms with Crippen LogP contribution >= 0.6 is 11.6 Å². The third-order valence-corrected chi connectivity index (χ3v) is 2.71. The summed E-state index contributed by atoms with van der Waals surface area (Å²) in [7, 11) is 0. The molecule has 92 valence electrons. The first-order valence-corrected chi connectivity index (χ1v) is 5.50. The van der Waals surface area contributed by atoms with Crippen molar-refractivity contribution in [2.75, 3.05) is 0 Å². The van der Waals surface area contributed by atoms with Gasteiger partial charge in [0.1, 0.15) is 0 Å². The van der Waals surface area contributed by atoms with Crippen LogP contribution in [0.4, 0.5) is 5.69 Å². The van der Waals surface area contributed by atoms with E-state index in [4.69, 9.17) is 16.1 Å². The van der Waals surface area contributed by atoms with Crippen molar-refractivity contribution in [1.82, 2.24) is 5.16 Å². The number of nitrogens with zero attached hydrogens (tertiary/aromatic N) is 2. The molecule has 0 amide bonds. The van der Waals surface area contributed by atoms with Crippen LogP contribution in [-0.2, 0) is 0 Å². The molecular formula is C12H9ClN2O3.